The average Bonchev–Trinajstić information content (AvgIpc) is 2.76. The van der Waals surface area contributed by atoms with Crippen molar-refractivity contribution in [2.75, 3.05) is 52.7 Å². The van der Waals surface area contributed by atoms with Crippen LogP contribution in [0.3, 0.4) is 0 Å². The minimum absolute atomic E-state index is 0.150. The lowest BCUT2D eigenvalue weighted by molar-refractivity contribution is -0.204. The predicted octanol–water partition coefficient (Wildman–Crippen LogP) is 0.792. The van der Waals surface area contributed by atoms with E-state index in [-0.39, 0.29) is 24.5 Å². The van der Waals surface area contributed by atoms with Crippen molar-refractivity contribution in [3.63, 3.8) is 0 Å². The molecule has 12 heteroatoms. The summed E-state index contributed by atoms with van der Waals surface area (Å²) in [6.07, 6.45) is -3.94. The van der Waals surface area contributed by atoms with Crippen LogP contribution in [0.4, 0.5) is 0 Å². The molecular formula is C21H40N4O8. The van der Waals surface area contributed by atoms with Crippen LogP contribution in [0.15, 0.2) is 5.11 Å². The van der Waals surface area contributed by atoms with Crippen LogP contribution in [0.5, 0.6) is 0 Å². The van der Waals surface area contributed by atoms with E-state index >= 15 is 0 Å². The van der Waals surface area contributed by atoms with E-state index < -0.39 is 30.3 Å². The topological polar surface area (TPSA) is 164 Å². The van der Waals surface area contributed by atoms with Gasteiger partial charge in [-0.05, 0) is 39.6 Å². The van der Waals surface area contributed by atoms with Crippen LogP contribution in [0.1, 0.15) is 34.1 Å². The van der Waals surface area contributed by atoms with Crippen molar-refractivity contribution in [3.05, 3.63) is 10.4 Å². The molecule has 0 aliphatic heterocycles. The number of carbonyl (C=O) groups excluding carboxylic acids is 1. The quantitative estimate of drug-likeness (QED) is 0.120. The Labute approximate surface area is 195 Å². The molecule has 1 amide bonds. The SMILES string of the molecule is CC(C)O[C@@H]1C(C(=O)NCCOCCOCCOCCN=[N+]=[N-])C[C@@H](OC(C)C)[C@@H](O)[C@H]1O. The van der Waals surface area contributed by atoms with Gasteiger partial charge in [0.15, 0.2) is 0 Å². The fourth-order valence-electron chi connectivity index (χ4n) is 3.48. The summed E-state index contributed by atoms with van der Waals surface area (Å²) in [5, 5.41) is 27.2. The zero-order valence-corrected chi connectivity index (χ0v) is 20.1. The maximum Gasteiger partial charge on any atom is 0.226 e. The van der Waals surface area contributed by atoms with E-state index in [0.29, 0.717) is 52.7 Å². The minimum atomic E-state index is -1.22. The molecule has 0 aromatic rings. The second kappa shape index (κ2) is 17.0. The molecule has 1 saturated carbocycles. The fraction of sp³-hybridized carbons (Fsp3) is 0.952. The van der Waals surface area contributed by atoms with Crippen molar-refractivity contribution >= 4 is 5.91 Å². The van der Waals surface area contributed by atoms with Gasteiger partial charge in [0.2, 0.25) is 5.91 Å². The van der Waals surface area contributed by atoms with Crippen LogP contribution in [0.2, 0.25) is 0 Å². The van der Waals surface area contributed by atoms with E-state index in [1.165, 1.54) is 0 Å². The highest BCUT2D eigenvalue weighted by Gasteiger charge is 2.48. The highest BCUT2D eigenvalue weighted by Crippen LogP contribution is 2.31. The number of azide groups is 1. The van der Waals surface area contributed by atoms with Gasteiger partial charge in [-0.3, -0.25) is 4.79 Å². The Morgan fingerprint density at radius 2 is 1.55 bits per heavy atom. The first-order chi connectivity index (χ1) is 15.8. The Kier molecular flexibility index (Phi) is 15.2. The first-order valence-corrected chi connectivity index (χ1v) is 11.5. The van der Waals surface area contributed by atoms with Crippen LogP contribution < -0.4 is 5.32 Å². The summed E-state index contributed by atoms with van der Waals surface area (Å²) >= 11 is 0. The highest BCUT2D eigenvalue weighted by molar-refractivity contribution is 5.79. The number of aliphatic hydroxyl groups is 2. The number of aliphatic hydroxyl groups excluding tert-OH is 2. The van der Waals surface area contributed by atoms with E-state index in [2.05, 4.69) is 15.3 Å². The third kappa shape index (κ3) is 12.0. The van der Waals surface area contributed by atoms with Crippen molar-refractivity contribution in [2.24, 2.45) is 11.0 Å². The third-order valence-corrected chi connectivity index (χ3v) is 4.85. The second-order valence-electron chi connectivity index (χ2n) is 8.28. The number of amides is 1. The summed E-state index contributed by atoms with van der Waals surface area (Å²) in [7, 11) is 0. The summed E-state index contributed by atoms with van der Waals surface area (Å²) in [4.78, 5) is 15.4. The molecule has 1 rings (SSSR count). The van der Waals surface area contributed by atoms with Gasteiger partial charge >= 0.3 is 0 Å². The van der Waals surface area contributed by atoms with E-state index in [1.54, 1.807) is 0 Å². The van der Waals surface area contributed by atoms with Crippen LogP contribution >= 0.6 is 0 Å². The van der Waals surface area contributed by atoms with Crippen molar-refractivity contribution in [1.29, 1.82) is 0 Å². The van der Waals surface area contributed by atoms with Crippen molar-refractivity contribution in [3.8, 4) is 0 Å². The molecule has 5 atom stereocenters. The van der Waals surface area contributed by atoms with E-state index in [9.17, 15) is 15.0 Å². The number of hydrogen-bond donors (Lipinski definition) is 3. The van der Waals surface area contributed by atoms with Crippen molar-refractivity contribution in [2.45, 2.75) is 70.7 Å². The Hall–Kier alpha value is -1.50. The Bertz CT molecular complexity index is 589. The molecule has 3 N–H and O–H groups in total. The zero-order valence-electron chi connectivity index (χ0n) is 20.1. The molecule has 0 bridgehead atoms. The first-order valence-electron chi connectivity index (χ1n) is 11.5. The normalized spacial score (nSPS) is 25.3. The molecule has 1 aliphatic carbocycles. The number of rotatable bonds is 17. The van der Waals surface area contributed by atoms with Gasteiger partial charge < -0.3 is 39.2 Å². The molecule has 1 unspecified atom stereocenters. The number of hydrogen-bond acceptors (Lipinski definition) is 9. The maximum absolute atomic E-state index is 12.8. The standard InChI is InChI=1S/C21H40N4O8/c1-14(2)32-17-13-16(20(33-15(3)4)19(27)18(17)26)21(28)23-5-7-29-9-11-31-12-10-30-8-6-24-25-22/h14-20,26-27H,5-13H2,1-4H3,(H,23,28)/t16?,17-,18-,19-,20-/m1/s1. The second-order valence-corrected chi connectivity index (χ2v) is 8.28. The molecule has 0 spiro atoms. The minimum Gasteiger partial charge on any atom is -0.388 e. The van der Waals surface area contributed by atoms with Crippen molar-refractivity contribution in [1.82, 2.24) is 5.32 Å². The summed E-state index contributed by atoms with van der Waals surface area (Å²) in [5.41, 5.74) is 8.14. The van der Waals surface area contributed by atoms with Gasteiger partial charge in [0.25, 0.3) is 0 Å². The van der Waals surface area contributed by atoms with Gasteiger partial charge in [-0.15, -0.1) is 0 Å². The molecule has 0 heterocycles. The van der Waals surface area contributed by atoms with E-state index in [1.807, 2.05) is 27.7 Å². The Balaban J connectivity index is 2.32. The molecule has 0 saturated heterocycles. The smallest absolute Gasteiger partial charge is 0.226 e. The zero-order chi connectivity index (χ0) is 24.6. The molecule has 12 nitrogen and oxygen atoms in total. The molecule has 1 fully saturated rings. The molecule has 192 valence electrons. The molecule has 1 aliphatic rings. The molecule has 0 aromatic carbocycles. The number of ether oxygens (including phenoxy) is 5. The number of nitrogens with zero attached hydrogens (tertiary/aromatic N) is 3. The first kappa shape index (κ1) is 29.5. The maximum atomic E-state index is 12.8. The monoisotopic (exact) mass is 476 g/mol. The van der Waals surface area contributed by atoms with Crippen molar-refractivity contribution < 1.29 is 38.7 Å². The Morgan fingerprint density at radius 1 is 0.970 bits per heavy atom. The highest BCUT2D eigenvalue weighted by atomic mass is 16.5. The summed E-state index contributed by atoms with van der Waals surface area (Å²) in [5.74, 6) is -0.932. The molecular weight excluding hydrogens is 436 g/mol. The van der Waals surface area contributed by atoms with Crippen LogP contribution in [-0.4, -0.2) is 105 Å². The summed E-state index contributed by atoms with van der Waals surface area (Å²) in [6, 6.07) is 0. The van der Waals surface area contributed by atoms with Crippen LogP contribution in [0, 0.1) is 5.92 Å². The average molecular weight is 477 g/mol. The lowest BCUT2D eigenvalue weighted by Crippen LogP contribution is -2.59. The van der Waals surface area contributed by atoms with E-state index in [4.69, 9.17) is 29.2 Å². The molecule has 33 heavy (non-hydrogen) atoms. The lowest BCUT2D eigenvalue weighted by atomic mass is 9.79. The van der Waals surface area contributed by atoms with Gasteiger partial charge in [0.05, 0.1) is 70.0 Å². The fourth-order valence-corrected chi connectivity index (χ4v) is 3.48. The van der Waals surface area contributed by atoms with Gasteiger partial charge in [-0.25, -0.2) is 0 Å². The van der Waals surface area contributed by atoms with Gasteiger partial charge in [-0.1, -0.05) is 5.11 Å². The number of carbonyl (C=O) groups is 1. The Morgan fingerprint density at radius 3 is 2.12 bits per heavy atom. The summed E-state index contributed by atoms with van der Waals surface area (Å²) < 4.78 is 27.5. The molecule has 0 radical (unpaired) electrons. The van der Waals surface area contributed by atoms with Gasteiger partial charge in [0, 0.05) is 18.0 Å². The van der Waals surface area contributed by atoms with Gasteiger partial charge in [-0.2, -0.15) is 0 Å². The molecule has 0 aromatic heterocycles. The van der Waals surface area contributed by atoms with Crippen LogP contribution in [0.25, 0.3) is 10.4 Å². The predicted molar refractivity (Wildman–Crippen MR) is 120 cm³/mol. The summed E-state index contributed by atoms with van der Waals surface area (Å²) in [6.45, 7) is 10.1. The van der Waals surface area contributed by atoms with E-state index in [0.717, 1.165) is 0 Å². The lowest BCUT2D eigenvalue weighted by Gasteiger charge is -2.42. The third-order valence-electron chi connectivity index (χ3n) is 4.85. The van der Waals surface area contributed by atoms with Crippen LogP contribution in [-0.2, 0) is 28.5 Å². The largest absolute Gasteiger partial charge is 0.388 e. The number of nitrogens with one attached hydrogen (secondary N) is 1. The van der Waals surface area contributed by atoms with Gasteiger partial charge in [0.1, 0.15) is 12.2 Å².